The molecular weight excluding hydrogens is 1160 g/mol. The van der Waals surface area contributed by atoms with E-state index in [0.717, 1.165) is 0 Å². The number of carboxylic acid groups (broad SMARTS) is 3. The summed E-state index contributed by atoms with van der Waals surface area (Å²) in [6.45, 7) is 13.2. The molecule has 11 amide bonds. The molecule has 0 aromatic heterocycles. The molecule has 0 aliphatic carbocycles. The number of aliphatic carboxylic acids is 3. The number of carboxylic acids is 3. The highest BCUT2D eigenvalue weighted by Gasteiger charge is 2.38. The smallest absolute Gasteiger partial charge is 0.326 e. The lowest BCUT2D eigenvalue weighted by Gasteiger charge is -2.29. The van der Waals surface area contributed by atoms with E-state index in [0.29, 0.717) is 12.0 Å². The lowest BCUT2D eigenvalue weighted by molar-refractivity contribution is -0.142. The van der Waals surface area contributed by atoms with Gasteiger partial charge in [0.25, 0.3) is 0 Å². The van der Waals surface area contributed by atoms with Crippen LogP contribution >= 0.6 is 12.6 Å². The minimum absolute atomic E-state index is 0.0220. The molecule has 11 atom stereocenters. The summed E-state index contributed by atoms with van der Waals surface area (Å²) in [6.07, 6.45) is -2.16. The highest BCUT2D eigenvalue weighted by molar-refractivity contribution is 7.80. The fraction of sp³-hybridized carbons (Fsp3) is 0.643. The third kappa shape index (κ3) is 30.3. The Hall–Kier alpha value is -7.93. The third-order valence-corrected chi connectivity index (χ3v) is 13.7. The van der Waals surface area contributed by atoms with Crippen LogP contribution in [0.3, 0.4) is 0 Å². The van der Waals surface area contributed by atoms with Crippen molar-refractivity contribution >= 4 is 95.5 Å². The number of benzene rings is 1. The van der Waals surface area contributed by atoms with Gasteiger partial charge < -0.3 is 85.7 Å². The Bertz CT molecular complexity index is 2520. The van der Waals surface area contributed by atoms with E-state index in [1.165, 1.54) is 6.92 Å². The minimum atomic E-state index is -1.92. The summed E-state index contributed by atoms with van der Waals surface area (Å²) in [4.78, 5) is 185. The molecule has 0 saturated carbocycles. The first-order valence-electron chi connectivity index (χ1n) is 28.8. The summed E-state index contributed by atoms with van der Waals surface area (Å²) in [6, 6.07) is -6.72. The van der Waals surface area contributed by atoms with Gasteiger partial charge in [0.15, 0.2) is 0 Å². The highest BCUT2D eigenvalue weighted by atomic mass is 32.1. The zero-order chi connectivity index (χ0) is 66.2. The van der Waals surface area contributed by atoms with E-state index < -0.39 is 181 Å². The van der Waals surface area contributed by atoms with Crippen LogP contribution in [0, 0.1) is 23.7 Å². The second kappa shape index (κ2) is 39.7. The van der Waals surface area contributed by atoms with Crippen LogP contribution in [0.5, 0.6) is 0 Å². The lowest BCUT2D eigenvalue weighted by atomic mass is 9.96. The van der Waals surface area contributed by atoms with E-state index in [2.05, 4.69) is 65.8 Å². The summed E-state index contributed by atoms with van der Waals surface area (Å²) in [5.74, 6) is -17.3. The zero-order valence-electron chi connectivity index (χ0n) is 50.6. The Morgan fingerprint density at radius 3 is 1.37 bits per heavy atom. The van der Waals surface area contributed by atoms with Crippen molar-refractivity contribution in [2.24, 2.45) is 40.9 Å². The molecule has 0 radical (unpaired) electrons. The topological polar surface area (TPSA) is 498 Å². The van der Waals surface area contributed by atoms with Crippen LogP contribution in [0.25, 0.3) is 0 Å². The van der Waals surface area contributed by atoms with Gasteiger partial charge in [-0.1, -0.05) is 92.1 Å². The number of carbonyl (C=O) groups is 14. The first-order valence-corrected chi connectivity index (χ1v) is 29.4. The van der Waals surface area contributed by atoms with E-state index in [9.17, 15) is 82.4 Å². The molecule has 19 N–H and O–H groups in total. The summed E-state index contributed by atoms with van der Waals surface area (Å²) < 4.78 is 0. The molecule has 0 spiro atoms. The molecule has 0 bridgehead atoms. The molecule has 1 aromatic carbocycles. The molecule has 0 aliphatic heterocycles. The van der Waals surface area contributed by atoms with Gasteiger partial charge in [0, 0.05) is 12.2 Å². The first kappa shape index (κ1) is 77.1. The number of hydrogen-bond donors (Lipinski definition) is 17. The van der Waals surface area contributed by atoms with Crippen molar-refractivity contribution < 1.29 is 82.4 Å². The van der Waals surface area contributed by atoms with Gasteiger partial charge in [0.1, 0.15) is 54.4 Å². The van der Waals surface area contributed by atoms with Crippen molar-refractivity contribution in [3.63, 3.8) is 0 Å². The summed E-state index contributed by atoms with van der Waals surface area (Å²) in [7, 11) is 0. The van der Waals surface area contributed by atoms with Crippen LogP contribution in [0.2, 0.25) is 0 Å². The molecule has 0 saturated heterocycles. The van der Waals surface area contributed by atoms with Gasteiger partial charge in [-0.3, -0.25) is 62.3 Å². The number of primary amides is 1. The Balaban J connectivity index is 3.37. The van der Waals surface area contributed by atoms with E-state index >= 15 is 0 Å². The van der Waals surface area contributed by atoms with Crippen LogP contribution in [-0.2, 0) is 73.5 Å². The van der Waals surface area contributed by atoms with Crippen molar-refractivity contribution in [1.82, 2.24) is 53.2 Å². The molecule has 1 aromatic rings. The van der Waals surface area contributed by atoms with Crippen LogP contribution < -0.4 is 70.4 Å². The third-order valence-electron chi connectivity index (χ3n) is 13.3. The number of amides is 11. The van der Waals surface area contributed by atoms with Gasteiger partial charge in [-0.15, -0.1) is 0 Å². The van der Waals surface area contributed by atoms with Gasteiger partial charge in [0.05, 0.1) is 31.8 Å². The maximum atomic E-state index is 14.2. The molecule has 488 valence electrons. The Labute approximate surface area is 511 Å². The number of rotatable bonds is 42. The van der Waals surface area contributed by atoms with Gasteiger partial charge >= 0.3 is 17.9 Å². The van der Waals surface area contributed by atoms with Gasteiger partial charge in [0.2, 0.25) is 65.0 Å². The largest absolute Gasteiger partial charge is 0.481 e. The van der Waals surface area contributed by atoms with Crippen LogP contribution in [0.1, 0.15) is 125 Å². The molecule has 0 aliphatic rings. The summed E-state index contributed by atoms with van der Waals surface area (Å²) in [5.41, 5.74) is 17.8. The number of hydrogen-bond acceptors (Lipinski definition) is 17. The Morgan fingerprint density at radius 1 is 0.494 bits per heavy atom. The SMILES string of the molecule is CC[C@H](C)[C@H](NC(=O)[C@H](CC(N)=O)NC(=O)[C@H](CC(=O)O)NC(=O)[C@H](CC(C)C)NC(=O)[C@@H](N)CC(C)C)C(=O)N[C@@H](CCCCN)C(=O)N[C@@H](CC(=O)O)C(=O)N[C@@H](CS)C(=O)NCC(=O)N[C@@H](CC(C)C)C(=O)N[C@@H](Cc1ccccc1)C(=O)O. The molecule has 0 unspecified atom stereocenters. The molecule has 0 fully saturated rings. The standard InChI is InChI=1S/C56H91N13O17S/c1-9-31(8)46(69-54(83)37(23-42(59)70)64-52(81)38(24-44(72)73)66-51(80)36(21-30(6)7)63-47(76)33(58)19-28(2)3)55(84)62-34(17-13-14-18-57)49(78)65-39(25-45(74)75)53(82)68-41(27-87)48(77)60-26-43(71)61-35(20-29(4)5)50(79)67-40(56(85)86)22-32-15-11-10-12-16-32/h10-12,15-16,28-31,33-41,46,87H,9,13-14,17-27,57-58H2,1-8H3,(H2,59,70)(H,60,77)(H,61,71)(H,62,84)(H,63,76)(H,64,81)(H,65,78)(H,66,80)(H,67,79)(H,68,82)(H,69,83)(H,72,73)(H,74,75)(H,85,86)/t31-,33-,34-,35-,36-,37-,38-,39-,40-,41-,46-/m0/s1. The lowest BCUT2D eigenvalue weighted by Crippen LogP contribution is -2.61. The quantitative estimate of drug-likeness (QED) is 0.0232. The Morgan fingerprint density at radius 2 is 0.920 bits per heavy atom. The number of carbonyl (C=O) groups excluding carboxylic acids is 11. The van der Waals surface area contributed by atoms with Crippen molar-refractivity contribution in [2.75, 3.05) is 18.8 Å². The van der Waals surface area contributed by atoms with Crippen LogP contribution in [0.15, 0.2) is 30.3 Å². The first-order chi connectivity index (χ1) is 40.7. The number of unbranched alkanes of at least 4 members (excludes halogenated alkanes) is 1. The average molecular weight is 1250 g/mol. The van der Waals surface area contributed by atoms with Crippen molar-refractivity contribution in [1.29, 1.82) is 0 Å². The second-order valence-electron chi connectivity index (χ2n) is 22.5. The monoisotopic (exact) mass is 1250 g/mol. The van der Waals surface area contributed by atoms with E-state index in [-0.39, 0.29) is 69.2 Å². The van der Waals surface area contributed by atoms with Crippen LogP contribution in [0.4, 0.5) is 0 Å². The predicted molar refractivity (Wildman–Crippen MR) is 319 cm³/mol. The van der Waals surface area contributed by atoms with Gasteiger partial charge in [-0.25, -0.2) is 4.79 Å². The molecule has 31 heteroatoms. The fourth-order valence-corrected chi connectivity index (χ4v) is 8.86. The van der Waals surface area contributed by atoms with Gasteiger partial charge in [-0.2, -0.15) is 12.6 Å². The predicted octanol–water partition coefficient (Wildman–Crippen LogP) is -2.81. The summed E-state index contributed by atoms with van der Waals surface area (Å²) in [5, 5.41) is 53.2. The van der Waals surface area contributed by atoms with Crippen LogP contribution in [-0.4, -0.2) is 177 Å². The van der Waals surface area contributed by atoms with Crippen molar-refractivity contribution in [3.8, 4) is 0 Å². The molecule has 1 rings (SSSR count). The number of nitrogens with two attached hydrogens (primary N) is 3. The molecule has 87 heavy (non-hydrogen) atoms. The number of thiol groups is 1. The fourth-order valence-electron chi connectivity index (χ4n) is 8.60. The van der Waals surface area contributed by atoms with Crippen molar-refractivity contribution in [2.45, 2.75) is 186 Å². The molecular formula is C56H91N13O17S. The van der Waals surface area contributed by atoms with Crippen molar-refractivity contribution in [3.05, 3.63) is 35.9 Å². The molecule has 30 nitrogen and oxygen atoms in total. The van der Waals surface area contributed by atoms with E-state index in [1.807, 2.05) is 13.8 Å². The second-order valence-corrected chi connectivity index (χ2v) is 22.9. The normalized spacial score (nSPS) is 15.0. The minimum Gasteiger partial charge on any atom is -0.481 e. The van der Waals surface area contributed by atoms with Gasteiger partial charge in [-0.05, 0) is 74.3 Å². The maximum absolute atomic E-state index is 14.2. The van der Waals surface area contributed by atoms with E-state index in [4.69, 9.17) is 17.2 Å². The number of nitrogens with one attached hydrogen (secondary N) is 10. The zero-order valence-corrected chi connectivity index (χ0v) is 51.5. The summed E-state index contributed by atoms with van der Waals surface area (Å²) >= 11 is 4.12. The van der Waals surface area contributed by atoms with E-state index in [1.54, 1.807) is 65.0 Å². The highest BCUT2D eigenvalue weighted by Crippen LogP contribution is 2.14. The Kier molecular flexibility index (Phi) is 35.2. The molecule has 0 heterocycles. The average Bonchev–Trinajstić information content (AvgIpc) is 3.56. The maximum Gasteiger partial charge on any atom is 0.326 e.